The largest absolute Gasteiger partial charge is 0.481 e. The van der Waals surface area contributed by atoms with Crippen molar-refractivity contribution in [3.63, 3.8) is 0 Å². The Morgan fingerprint density at radius 2 is 2.00 bits per heavy atom. The van der Waals surface area contributed by atoms with Crippen LogP contribution in [-0.4, -0.2) is 47.7 Å². The zero-order valence-corrected chi connectivity index (χ0v) is 13.6. The number of carbonyl (C=O) groups excluding carboxylic acids is 1. The minimum absolute atomic E-state index is 0.0534. The third-order valence-corrected chi connectivity index (χ3v) is 4.06. The first-order valence-corrected chi connectivity index (χ1v) is 8.03. The smallest absolute Gasteiger partial charge is 0.416 e. The maximum Gasteiger partial charge on any atom is 0.416 e. The molecule has 8 heteroatoms. The van der Waals surface area contributed by atoms with Crippen LogP contribution in [0.1, 0.15) is 30.4 Å². The number of alkyl halides is 3. The second kappa shape index (κ2) is 8.33. The fourth-order valence-electron chi connectivity index (χ4n) is 2.81. The maximum absolute atomic E-state index is 13.1. The first kappa shape index (κ1) is 19.2. The highest BCUT2D eigenvalue weighted by atomic mass is 19.4. The van der Waals surface area contributed by atoms with Crippen LogP contribution in [0.3, 0.4) is 0 Å². The van der Waals surface area contributed by atoms with E-state index in [4.69, 9.17) is 9.84 Å². The second-order valence-electron chi connectivity index (χ2n) is 5.95. The summed E-state index contributed by atoms with van der Waals surface area (Å²) < 4.78 is 44.6. The van der Waals surface area contributed by atoms with Crippen molar-refractivity contribution in [1.82, 2.24) is 4.90 Å². The molecule has 1 aliphatic rings. The first-order valence-electron chi connectivity index (χ1n) is 8.03. The lowest BCUT2D eigenvalue weighted by Crippen LogP contribution is -2.39. The molecule has 1 aromatic rings. The monoisotopic (exact) mass is 359 g/mol. The normalized spacial score (nSPS) is 17.5. The number of carbonyl (C=O) groups is 2. The number of nitrogens with zero attached hydrogens (tertiary/aromatic N) is 1. The van der Waals surface area contributed by atoms with Crippen molar-refractivity contribution >= 4 is 11.9 Å². The van der Waals surface area contributed by atoms with Crippen LogP contribution in [0.15, 0.2) is 24.3 Å². The molecule has 1 aromatic carbocycles. The van der Waals surface area contributed by atoms with Gasteiger partial charge < -0.3 is 14.7 Å². The molecule has 0 saturated carbocycles. The maximum atomic E-state index is 13.1. The summed E-state index contributed by atoms with van der Waals surface area (Å²) in [5.74, 6) is -1.60. The van der Waals surface area contributed by atoms with E-state index in [1.54, 1.807) is 0 Å². The van der Waals surface area contributed by atoms with E-state index in [2.05, 4.69) is 0 Å². The van der Waals surface area contributed by atoms with E-state index in [9.17, 15) is 22.8 Å². The molecule has 1 unspecified atom stereocenters. The third kappa shape index (κ3) is 5.74. The van der Waals surface area contributed by atoms with E-state index < -0.39 is 30.0 Å². The van der Waals surface area contributed by atoms with Crippen LogP contribution < -0.4 is 0 Å². The van der Waals surface area contributed by atoms with E-state index >= 15 is 0 Å². The first-order chi connectivity index (χ1) is 11.8. The van der Waals surface area contributed by atoms with Crippen molar-refractivity contribution in [2.24, 2.45) is 0 Å². The molecule has 1 amide bonds. The average Bonchev–Trinajstić information content (AvgIpc) is 3.03. The molecule has 1 aliphatic heterocycles. The number of amides is 1. The van der Waals surface area contributed by atoms with Crippen molar-refractivity contribution in [3.05, 3.63) is 35.4 Å². The van der Waals surface area contributed by atoms with E-state index in [0.717, 1.165) is 18.9 Å². The van der Waals surface area contributed by atoms with Crippen LogP contribution in [-0.2, 0) is 26.9 Å². The minimum Gasteiger partial charge on any atom is -0.481 e. The molecule has 138 valence electrons. The number of ether oxygens (including phenoxy) is 1. The van der Waals surface area contributed by atoms with Crippen LogP contribution in [0, 0.1) is 0 Å². The van der Waals surface area contributed by atoms with Crippen molar-refractivity contribution in [2.75, 3.05) is 19.7 Å². The summed E-state index contributed by atoms with van der Waals surface area (Å²) in [5.41, 5.74) is -0.966. The topological polar surface area (TPSA) is 66.8 Å². The standard InChI is InChI=1S/C17H20F3NO4/c18-17(19,20)14-6-2-1-4-12(14)10-15(22)21(8-7-16(23)24)11-13-5-3-9-25-13/h1-2,4,6,13H,3,5,7-11H2,(H,23,24). The molecule has 1 fully saturated rings. The average molecular weight is 359 g/mol. The number of hydrogen-bond donors (Lipinski definition) is 1. The molecule has 2 rings (SSSR count). The number of benzene rings is 1. The lowest BCUT2D eigenvalue weighted by Gasteiger charge is -2.25. The van der Waals surface area contributed by atoms with Crippen LogP contribution in [0.5, 0.6) is 0 Å². The van der Waals surface area contributed by atoms with Crippen molar-refractivity contribution in [3.8, 4) is 0 Å². The Bertz CT molecular complexity index is 612. The highest BCUT2D eigenvalue weighted by Crippen LogP contribution is 2.32. The number of rotatable bonds is 7. The van der Waals surface area contributed by atoms with E-state index in [0.29, 0.717) is 6.61 Å². The molecule has 1 atom stereocenters. The zero-order chi connectivity index (χ0) is 18.4. The lowest BCUT2D eigenvalue weighted by atomic mass is 10.0. The van der Waals surface area contributed by atoms with Crippen LogP contribution in [0.2, 0.25) is 0 Å². The summed E-state index contributed by atoms with van der Waals surface area (Å²) in [6.07, 6.45) is -3.84. The van der Waals surface area contributed by atoms with Gasteiger partial charge in [-0.05, 0) is 24.5 Å². The predicted octanol–water partition coefficient (Wildman–Crippen LogP) is 2.73. The van der Waals surface area contributed by atoms with Gasteiger partial charge in [-0.15, -0.1) is 0 Å². The molecule has 0 spiro atoms. The third-order valence-electron chi connectivity index (χ3n) is 4.06. The highest BCUT2D eigenvalue weighted by molar-refractivity contribution is 5.80. The predicted molar refractivity (Wildman–Crippen MR) is 83.0 cm³/mol. The Labute approximate surface area is 143 Å². The molecular weight excluding hydrogens is 339 g/mol. The molecule has 1 saturated heterocycles. The fraction of sp³-hybridized carbons (Fsp3) is 0.529. The van der Waals surface area contributed by atoms with Gasteiger partial charge in [0.25, 0.3) is 0 Å². The summed E-state index contributed by atoms with van der Waals surface area (Å²) in [6.45, 7) is 0.713. The molecule has 0 bridgehead atoms. The molecule has 1 N–H and O–H groups in total. The van der Waals surface area contributed by atoms with Crippen molar-refractivity contribution in [2.45, 2.75) is 38.0 Å². The molecule has 5 nitrogen and oxygen atoms in total. The summed E-state index contributed by atoms with van der Waals surface area (Å²) in [5, 5.41) is 8.83. The van der Waals surface area contributed by atoms with Crippen LogP contribution >= 0.6 is 0 Å². The summed E-state index contributed by atoms with van der Waals surface area (Å²) in [6, 6.07) is 4.91. The van der Waals surface area contributed by atoms with Gasteiger partial charge >= 0.3 is 12.1 Å². The molecule has 25 heavy (non-hydrogen) atoms. The zero-order valence-electron chi connectivity index (χ0n) is 13.6. The van der Waals surface area contributed by atoms with E-state index in [-0.39, 0.29) is 31.2 Å². The molecular formula is C17H20F3NO4. The van der Waals surface area contributed by atoms with E-state index in [1.807, 2.05) is 0 Å². The number of hydrogen-bond acceptors (Lipinski definition) is 3. The minimum atomic E-state index is -4.54. The van der Waals surface area contributed by atoms with Crippen molar-refractivity contribution < 1.29 is 32.6 Å². The number of aliphatic carboxylic acids is 1. The van der Waals surface area contributed by atoms with Gasteiger partial charge in [0.15, 0.2) is 0 Å². The summed E-state index contributed by atoms with van der Waals surface area (Å²) in [7, 11) is 0. The Hall–Kier alpha value is -2.09. The Morgan fingerprint density at radius 1 is 1.28 bits per heavy atom. The Balaban J connectivity index is 2.11. The van der Waals surface area contributed by atoms with Gasteiger partial charge in [-0.2, -0.15) is 13.2 Å². The van der Waals surface area contributed by atoms with Gasteiger partial charge in [-0.25, -0.2) is 0 Å². The fourth-order valence-corrected chi connectivity index (χ4v) is 2.81. The molecule has 1 heterocycles. The quantitative estimate of drug-likeness (QED) is 0.813. The number of carboxylic acids is 1. The lowest BCUT2D eigenvalue weighted by molar-refractivity contribution is -0.139. The van der Waals surface area contributed by atoms with Gasteiger partial charge in [0.2, 0.25) is 5.91 Å². The highest BCUT2D eigenvalue weighted by Gasteiger charge is 2.34. The number of halogens is 3. The van der Waals surface area contributed by atoms with Gasteiger partial charge in [-0.1, -0.05) is 18.2 Å². The molecule has 0 radical (unpaired) electrons. The molecule has 0 aliphatic carbocycles. The van der Waals surface area contributed by atoms with Crippen molar-refractivity contribution in [1.29, 1.82) is 0 Å². The summed E-state index contributed by atoms with van der Waals surface area (Å²) >= 11 is 0. The summed E-state index contributed by atoms with van der Waals surface area (Å²) in [4.78, 5) is 24.6. The van der Waals surface area contributed by atoms with Gasteiger partial charge in [0.1, 0.15) is 0 Å². The molecule has 0 aromatic heterocycles. The second-order valence-corrected chi connectivity index (χ2v) is 5.95. The van der Waals surface area contributed by atoms with Crippen LogP contribution in [0.25, 0.3) is 0 Å². The Kier molecular flexibility index (Phi) is 6.41. The van der Waals surface area contributed by atoms with E-state index in [1.165, 1.54) is 23.1 Å². The van der Waals surface area contributed by atoms with Crippen LogP contribution in [0.4, 0.5) is 13.2 Å². The SMILES string of the molecule is O=C(O)CCN(CC1CCCO1)C(=O)Cc1ccccc1C(F)(F)F. The number of carboxylic acid groups (broad SMARTS) is 1. The Morgan fingerprint density at radius 3 is 2.60 bits per heavy atom. The van der Waals surface area contributed by atoms with Gasteiger partial charge in [0, 0.05) is 19.7 Å². The van der Waals surface area contributed by atoms with Gasteiger partial charge in [-0.3, -0.25) is 9.59 Å². The van der Waals surface area contributed by atoms with Gasteiger partial charge in [0.05, 0.1) is 24.5 Å².